The average molecular weight is 214 g/mol. The van der Waals surface area contributed by atoms with E-state index in [9.17, 15) is 0 Å². The zero-order chi connectivity index (χ0) is 10.6. The maximum atomic E-state index is 8.85. The van der Waals surface area contributed by atoms with Gasteiger partial charge in [-0.15, -0.1) is 11.3 Å². The number of thiazole rings is 1. The lowest BCUT2D eigenvalue weighted by Crippen LogP contribution is -2.39. The Hall–Kier alpha value is -0.450. The first kappa shape index (κ1) is 11.6. The lowest BCUT2D eigenvalue weighted by Gasteiger charge is -2.24. The molecule has 0 fully saturated rings. The second-order valence-electron chi connectivity index (χ2n) is 4.07. The van der Waals surface area contributed by atoms with Gasteiger partial charge in [-0.1, -0.05) is 0 Å². The van der Waals surface area contributed by atoms with Gasteiger partial charge in [0.05, 0.1) is 10.7 Å². The molecule has 4 heteroatoms. The number of nitrogens with one attached hydrogen (secondary N) is 1. The molecule has 0 aromatic carbocycles. The van der Waals surface area contributed by atoms with E-state index in [2.05, 4.69) is 29.5 Å². The summed E-state index contributed by atoms with van der Waals surface area (Å²) in [5.41, 5.74) is 1.06. The lowest BCUT2D eigenvalue weighted by molar-refractivity contribution is 0.229. The van der Waals surface area contributed by atoms with E-state index in [1.165, 1.54) is 0 Å². The smallest absolute Gasteiger partial charge is 0.0897 e. The fourth-order valence-corrected chi connectivity index (χ4v) is 1.80. The van der Waals surface area contributed by atoms with Crippen LogP contribution in [-0.2, 0) is 6.54 Å². The van der Waals surface area contributed by atoms with Crippen molar-refractivity contribution in [2.24, 2.45) is 0 Å². The highest BCUT2D eigenvalue weighted by molar-refractivity contribution is 7.09. The van der Waals surface area contributed by atoms with Gasteiger partial charge in [0, 0.05) is 24.1 Å². The van der Waals surface area contributed by atoms with Crippen LogP contribution < -0.4 is 5.32 Å². The first-order valence-corrected chi connectivity index (χ1v) is 5.68. The minimum atomic E-state index is -0.0216. The van der Waals surface area contributed by atoms with Gasteiger partial charge < -0.3 is 10.4 Å². The molecule has 0 aliphatic rings. The third-order valence-corrected chi connectivity index (χ3v) is 2.97. The van der Waals surface area contributed by atoms with Crippen molar-refractivity contribution in [3.05, 3.63) is 16.1 Å². The van der Waals surface area contributed by atoms with Crippen molar-refractivity contribution < 1.29 is 5.11 Å². The van der Waals surface area contributed by atoms with Crippen LogP contribution in [0.25, 0.3) is 0 Å². The Balaban J connectivity index is 2.40. The van der Waals surface area contributed by atoms with E-state index in [0.717, 1.165) is 23.7 Å². The second kappa shape index (κ2) is 4.87. The molecule has 0 spiro atoms. The van der Waals surface area contributed by atoms with Crippen molar-refractivity contribution >= 4 is 11.3 Å². The van der Waals surface area contributed by atoms with Crippen LogP contribution in [0.5, 0.6) is 0 Å². The summed E-state index contributed by atoms with van der Waals surface area (Å²) in [5, 5.41) is 15.4. The molecule has 0 atom stereocenters. The van der Waals surface area contributed by atoms with E-state index < -0.39 is 0 Å². The van der Waals surface area contributed by atoms with Crippen molar-refractivity contribution in [2.45, 2.75) is 39.3 Å². The van der Waals surface area contributed by atoms with Crippen LogP contribution in [0.3, 0.4) is 0 Å². The van der Waals surface area contributed by atoms with E-state index in [1.807, 2.05) is 6.92 Å². The zero-order valence-electron chi connectivity index (χ0n) is 9.00. The molecule has 1 rings (SSSR count). The number of aliphatic hydroxyl groups excluding tert-OH is 1. The number of aromatic nitrogens is 1. The van der Waals surface area contributed by atoms with E-state index >= 15 is 0 Å². The minimum Gasteiger partial charge on any atom is -0.396 e. The molecule has 0 aliphatic carbocycles. The van der Waals surface area contributed by atoms with Crippen LogP contribution in [0, 0.1) is 6.92 Å². The summed E-state index contributed by atoms with van der Waals surface area (Å²) < 4.78 is 0. The third kappa shape index (κ3) is 3.74. The van der Waals surface area contributed by atoms with Crippen LogP contribution in [0.1, 0.15) is 31.0 Å². The Morgan fingerprint density at radius 2 is 2.29 bits per heavy atom. The standard InChI is InChI=1S/C10H18N2OS/c1-8-12-9(7-14-8)6-11-10(2,3)4-5-13/h7,11,13H,4-6H2,1-3H3. The molecule has 14 heavy (non-hydrogen) atoms. The normalized spacial score (nSPS) is 12.0. The molecule has 0 unspecified atom stereocenters. The van der Waals surface area contributed by atoms with E-state index in [-0.39, 0.29) is 12.1 Å². The largest absolute Gasteiger partial charge is 0.396 e. The van der Waals surface area contributed by atoms with Crippen molar-refractivity contribution in [1.82, 2.24) is 10.3 Å². The van der Waals surface area contributed by atoms with Gasteiger partial charge in [-0.2, -0.15) is 0 Å². The third-order valence-electron chi connectivity index (χ3n) is 2.15. The van der Waals surface area contributed by atoms with Gasteiger partial charge in [0.15, 0.2) is 0 Å². The van der Waals surface area contributed by atoms with Crippen LogP contribution >= 0.6 is 11.3 Å². The first-order valence-electron chi connectivity index (χ1n) is 4.80. The van der Waals surface area contributed by atoms with Crippen LogP contribution in [-0.4, -0.2) is 22.2 Å². The summed E-state index contributed by atoms with van der Waals surface area (Å²) in [6.07, 6.45) is 0.760. The van der Waals surface area contributed by atoms with Gasteiger partial charge in [-0.3, -0.25) is 0 Å². The maximum absolute atomic E-state index is 8.85. The Morgan fingerprint density at radius 1 is 1.57 bits per heavy atom. The number of hydrogen-bond acceptors (Lipinski definition) is 4. The number of hydrogen-bond donors (Lipinski definition) is 2. The predicted octanol–water partition coefficient (Wildman–Crippen LogP) is 1.70. The molecule has 0 saturated heterocycles. The molecule has 80 valence electrons. The summed E-state index contributed by atoms with van der Waals surface area (Å²) >= 11 is 1.67. The Bertz CT molecular complexity index is 283. The van der Waals surface area contributed by atoms with Crippen molar-refractivity contribution in [2.75, 3.05) is 6.61 Å². The zero-order valence-corrected chi connectivity index (χ0v) is 9.82. The maximum Gasteiger partial charge on any atom is 0.0897 e. The fourth-order valence-electron chi connectivity index (χ4n) is 1.19. The van der Waals surface area contributed by atoms with Gasteiger partial charge in [-0.05, 0) is 27.2 Å². The average Bonchev–Trinajstić information content (AvgIpc) is 2.48. The van der Waals surface area contributed by atoms with Crippen LogP contribution in [0.4, 0.5) is 0 Å². The molecule has 0 amide bonds. The summed E-state index contributed by atoms with van der Waals surface area (Å²) in [4.78, 5) is 4.37. The van der Waals surface area contributed by atoms with Crippen molar-refractivity contribution in [3.63, 3.8) is 0 Å². The van der Waals surface area contributed by atoms with Gasteiger partial charge in [0.1, 0.15) is 0 Å². The quantitative estimate of drug-likeness (QED) is 0.784. The van der Waals surface area contributed by atoms with Gasteiger partial charge in [-0.25, -0.2) is 4.98 Å². The summed E-state index contributed by atoms with van der Waals surface area (Å²) in [6.45, 7) is 7.17. The SMILES string of the molecule is Cc1nc(CNC(C)(C)CCO)cs1. The van der Waals surface area contributed by atoms with Crippen LogP contribution in [0.15, 0.2) is 5.38 Å². The molecule has 0 aliphatic heterocycles. The molecule has 0 radical (unpaired) electrons. The number of aliphatic hydroxyl groups is 1. The summed E-state index contributed by atoms with van der Waals surface area (Å²) in [7, 11) is 0. The number of nitrogens with zero attached hydrogens (tertiary/aromatic N) is 1. The molecule has 2 N–H and O–H groups in total. The van der Waals surface area contributed by atoms with E-state index in [1.54, 1.807) is 11.3 Å². The highest BCUT2D eigenvalue weighted by Gasteiger charge is 2.16. The fraction of sp³-hybridized carbons (Fsp3) is 0.700. The van der Waals surface area contributed by atoms with Crippen molar-refractivity contribution in [3.8, 4) is 0 Å². The van der Waals surface area contributed by atoms with Gasteiger partial charge in [0.25, 0.3) is 0 Å². The molecular formula is C10H18N2OS. The molecule has 1 aromatic rings. The Labute approximate surface area is 89.2 Å². The monoisotopic (exact) mass is 214 g/mol. The molecular weight excluding hydrogens is 196 g/mol. The number of rotatable bonds is 5. The number of aryl methyl sites for hydroxylation is 1. The summed E-state index contributed by atoms with van der Waals surface area (Å²) in [5.74, 6) is 0. The highest BCUT2D eigenvalue weighted by Crippen LogP contribution is 2.11. The van der Waals surface area contributed by atoms with E-state index in [4.69, 9.17) is 5.11 Å². The molecule has 3 nitrogen and oxygen atoms in total. The molecule has 0 saturated carbocycles. The lowest BCUT2D eigenvalue weighted by atomic mass is 10.0. The topological polar surface area (TPSA) is 45.2 Å². The molecule has 1 aromatic heterocycles. The summed E-state index contributed by atoms with van der Waals surface area (Å²) in [6, 6.07) is 0. The van der Waals surface area contributed by atoms with Gasteiger partial charge >= 0.3 is 0 Å². The Morgan fingerprint density at radius 3 is 2.79 bits per heavy atom. The highest BCUT2D eigenvalue weighted by atomic mass is 32.1. The predicted molar refractivity (Wildman–Crippen MR) is 59.5 cm³/mol. The van der Waals surface area contributed by atoms with Crippen molar-refractivity contribution in [1.29, 1.82) is 0 Å². The van der Waals surface area contributed by atoms with Crippen LogP contribution in [0.2, 0.25) is 0 Å². The van der Waals surface area contributed by atoms with E-state index in [0.29, 0.717) is 0 Å². The molecule has 1 heterocycles. The minimum absolute atomic E-state index is 0.0216. The molecule has 0 bridgehead atoms. The van der Waals surface area contributed by atoms with Gasteiger partial charge in [0.2, 0.25) is 0 Å². The second-order valence-corrected chi connectivity index (χ2v) is 5.13. The Kier molecular flexibility index (Phi) is 4.04. The first-order chi connectivity index (χ1) is 6.53.